The molecule has 4 rings (SSSR count). The van der Waals surface area contributed by atoms with Crippen LogP contribution in [0, 0.1) is 0 Å². The second-order valence-electron chi connectivity index (χ2n) is 6.06. The minimum Gasteiger partial charge on any atom is -0.396 e. The van der Waals surface area contributed by atoms with Crippen molar-refractivity contribution >= 4 is 16.8 Å². The molecule has 2 aromatic heterocycles. The molecule has 0 atom stereocenters. The summed E-state index contributed by atoms with van der Waals surface area (Å²) in [7, 11) is 0. The normalized spacial score (nSPS) is 11.6. The second kappa shape index (κ2) is 6.13. The van der Waals surface area contributed by atoms with E-state index in [9.17, 15) is 5.11 Å². The van der Waals surface area contributed by atoms with Crippen LogP contribution in [0.3, 0.4) is 0 Å². The standard InChI is InChI=1S/C20H21N3O/c1-2-15-8-10-16(11-9-15)19-14-23-18-7-4-3-6-17(18)21-20(23)22(19)12-5-13-24/h3-4,6-11,14,24H,2,5,12-13H2,1H3. The first kappa shape index (κ1) is 15.0. The van der Waals surface area contributed by atoms with Crippen LogP contribution < -0.4 is 0 Å². The average Bonchev–Trinajstić information content (AvgIpc) is 3.16. The van der Waals surface area contributed by atoms with Crippen LogP contribution in [0.15, 0.2) is 54.7 Å². The molecule has 0 fully saturated rings. The number of nitrogens with zero attached hydrogens (tertiary/aromatic N) is 3. The molecule has 1 N–H and O–H groups in total. The van der Waals surface area contributed by atoms with E-state index in [4.69, 9.17) is 4.98 Å². The van der Waals surface area contributed by atoms with Crippen molar-refractivity contribution in [1.82, 2.24) is 14.0 Å². The Kier molecular flexibility index (Phi) is 3.82. The third-order valence-corrected chi connectivity index (χ3v) is 4.56. The maximum absolute atomic E-state index is 9.27. The van der Waals surface area contributed by atoms with E-state index < -0.39 is 0 Å². The largest absolute Gasteiger partial charge is 0.396 e. The summed E-state index contributed by atoms with van der Waals surface area (Å²) >= 11 is 0. The van der Waals surface area contributed by atoms with Crippen LogP contribution >= 0.6 is 0 Å². The lowest BCUT2D eigenvalue weighted by atomic mass is 10.1. The number of hydrogen-bond acceptors (Lipinski definition) is 2. The first-order chi connectivity index (χ1) is 11.8. The fourth-order valence-electron chi connectivity index (χ4n) is 3.24. The van der Waals surface area contributed by atoms with E-state index in [1.165, 1.54) is 11.1 Å². The Labute approximate surface area is 141 Å². The molecular formula is C20H21N3O. The summed E-state index contributed by atoms with van der Waals surface area (Å²) in [5.74, 6) is 0.930. The van der Waals surface area contributed by atoms with Gasteiger partial charge >= 0.3 is 0 Å². The van der Waals surface area contributed by atoms with Crippen LogP contribution in [0.5, 0.6) is 0 Å². The van der Waals surface area contributed by atoms with Gasteiger partial charge in [-0.25, -0.2) is 4.98 Å². The van der Waals surface area contributed by atoms with E-state index in [0.29, 0.717) is 6.42 Å². The van der Waals surface area contributed by atoms with Crippen LogP contribution in [0.25, 0.3) is 28.1 Å². The topological polar surface area (TPSA) is 42.5 Å². The Balaban J connectivity index is 1.92. The number of imidazole rings is 2. The minimum atomic E-state index is 0.179. The molecule has 0 radical (unpaired) electrons. The average molecular weight is 319 g/mol. The maximum Gasteiger partial charge on any atom is 0.215 e. The lowest BCUT2D eigenvalue weighted by Crippen LogP contribution is -2.03. The lowest BCUT2D eigenvalue weighted by molar-refractivity contribution is 0.280. The number of para-hydroxylation sites is 2. The van der Waals surface area contributed by atoms with E-state index in [1.54, 1.807) is 0 Å². The van der Waals surface area contributed by atoms with Crippen LogP contribution in [0.2, 0.25) is 0 Å². The fourth-order valence-corrected chi connectivity index (χ4v) is 3.24. The number of rotatable bonds is 5. The van der Waals surface area contributed by atoms with Gasteiger partial charge in [-0.3, -0.25) is 4.40 Å². The fraction of sp³-hybridized carbons (Fsp3) is 0.250. The Bertz CT molecular complexity index is 979. The Morgan fingerprint density at radius 2 is 1.83 bits per heavy atom. The van der Waals surface area contributed by atoms with Gasteiger partial charge in [0.25, 0.3) is 0 Å². The number of aryl methyl sites for hydroxylation is 2. The van der Waals surface area contributed by atoms with Gasteiger partial charge in [0.05, 0.1) is 16.7 Å². The summed E-state index contributed by atoms with van der Waals surface area (Å²) in [6.07, 6.45) is 3.91. The minimum absolute atomic E-state index is 0.179. The molecule has 0 saturated heterocycles. The molecule has 0 saturated carbocycles. The Morgan fingerprint density at radius 1 is 1.04 bits per heavy atom. The van der Waals surface area contributed by atoms with Crippen molar-refractivity contribution in [2.24, 2.45) is 0 Å². The molecule has 4 aromatic rings. The molecule has 0 bridgehead atoms. The molecule has 2 heterocycles. The summed E-state index contributed by atoms with van der Waals surface area (Å²) in [6, 6.07) is 16.9. The second-order valence-corrected chi connectivity index (χ2v) is 6.06. The van der Waals surface area contributed by atoms with E-state index in [2.05, 4.69) is 52.4 Å². The van der Waals surface area contributed by atoms with Crippen LogP contribution in [-0.2, 0) is 13.0 Å². The molecule has 0 amide bonds. The molecular weight excluding hydrogens is 298 g/mol. The van der Waals surface area contributed by atoms with Crippen LogP contribution in [-0.4, -0.2) is 25.7 Å². The molecule has 0 aliphatic heterocycles. The van der Waals surface area contributed by atoms with Gasteiger partial charge in [-0.05, 0) is 36.1 Å². The zero-order chi connectivity index (χ0) is 16.5. The number of aliphatic hydroxyl groups excluding tert-OH is 1. The highest BCUT2D eigenvalue weighted by atomic mass is 16.3. The van der Waals surface area contributed by atoms with E-state index in [-0.39, 0.29) is 6.61 Å². The zero-order valence-electron chi connectivity index (χ0n) is 13.8. The highest BCUT2D eigenvalue weighted by Crippen LogP contribution is 2.27. The number of aliphatic hydroxyl groups is 1. The summed E-state index contributed by atoms with van der Waals surface area (Å²) in [5.41, 5.74) is 5.77. The lowest BCUT2D eigenvalue weighted by Gasteiger charge is -2.08. The van der Waals surface area contributed by atoms with Crippen molar-refractivity contribution in [3.8, 4) is 11.3 Å². The third-order valence-electron chi connectivity index (χ3n) is 4.56. The first-order valence-corrected chi connectivity index (χ1v) is 8.48. The van der Waals surface area contributed by atoms with E-state index >= 15 is 0 Å². The highest BCUT2D eigenvalue weighted by Gasteiger charge is 2.15. The van der Waals surface area contributed by atoms with Gasteiger partial charge in [0.2, 0.25) is 5.78 Å². The van der Waals surface area contributed by atoms with Crippen molar-refractivity contribution in [3.05, 3.63) is 60.3 Å². The van der Waals surface area contributed by atoms with Crippen molar-refractivity contribution in [2.45, 2.75) is 26.3 Å². The van der Waals surface area contributed by atoms with E-state index in [1.807, 2.05) is 18.2 Å². The van der Waals surface area contributed by atoms with Gasteiger partial charge in [0, 0.05) is 19.3 Å². The van der Waals surface area contributed by atoms with Gasteiger partial charge in [-0.15, -0.1) is 0 Å². The molecule has 0 aliphatic rings. The van der Waals surface area contributed by atoms with Gasteiger partial charge in [-0.2, -0.15) is 0 Å². The van der Waals surface area contributed by atoms with Gasteiger partial charge in [-0.1, -0.05) is 43.3 Å². The van der Waals surface area contributed by atoms with Gasteiger partial charge in [0.1, 0.15) is 0 Å². The smallest absolute Gasteiger partial charge is 0.215 e. The van der Waals surface area contributed by atoms with Crippen molar-refractivity contribution in [3.63, 3.8) is 0 Å². The summed E-state index contributed by atoms with van der Waals surface area (Å²) < 4.78 is 4.35. The number of hydrogen-bond donors (Lipinski definition) is 1. The summed E-state index contributed by atoms with van der Waals surface area (Å²) in [5, 5.41) is 9.27. The molecule has 0 aliphatic carbocycles. The Morgan fingerprint density at radius 3 is 2.58 bits per heavy atom. The number of benzene rings is 2. The molecule has 4 heteroatoms. The van der Waals surface area contributed by atoms with Crippen LogP contribution in [0.1, 0.15) is 18.9 Å². The first-order valence-electron chi connectivity index (χ1n) is 8.48. The van der Waals surface area contributed by atoms with Crippen molar-refractivity contribution in [1.29, 1.82) is 0 Å². The molecule has 24 heavy (non-hydrogen) atoms. The molecule has 122 valence electrons. The van der Waals surface area contributed by atoms with Crippen LogP contribution in [0.4, 0.5) is 0 Å². The Hall–Kier alpha value is -2.59. The van der Waals surface area contributed by atoms with Crippen molar-refractivity contribution in [2.75, 3.05) is 6.61 Å². The molecule has 0 unspecified atom stereocenters. The quantitative estimate of drug-likeness (QED) is 0.606. The van der Waals surface area contributed by atoms with E-state index in [0.717, 1.165) is 35.5 Å². The monoisotopic (exact) mass is 319 g/mol. The summed E-state index contributed by atoms with van der Waals surface area (Å²) in [4.78, 5) is 4.79. The zero-order valence-corrected chi connectivity index (χ0v) is 13.8. The SMILES string of the molecule is CCc1ccc(-c2cn3c4ccccc4nc3n2CCCO)cc1. The predicted octanol–water partition coefficient (Wildman–Crippen LogP) is 3.90. The molecule has 4 nitrogen and oxygen atoms in total. The third kappa shape index (κ3) is 2.39. The van der Waals surface area contributed by atoms with Gasteiger partial charge in [0.15, 0.2) is 0 Å². The molecule has 0 spiro atoms. The maximum atomic E-state index is 9.27. The highest BCUT2D eigenvalue weighted by molar-refractivity contribution is 5.81. The number of fused-ring (bicyclic) bond motifs is 3. The van der Waals surface area contributed by atoms with Gasteiger partial charge < -0.3 is 9.67 Å². The predicted molar refractivity (Wildman–Crippen MR) is 97.2 cm³/mol. The summed E-state index contributed by atoms with van der Waals surface area (Å²) in [6.45, 7) is 3.10. The molecule has 2 aromatic carbocycles. The number of aromatic nitrogens is 3. The van der Waals surface area contributed by atoms with Crippen molar-refractivity contribution < 1.29 is 5.11 Å².